The molecule has 0 amide bonds. The van der Waals surface area contributed by atoms with Crippen molar-refractivity contribution in [3.63, 3.8) is 0 Å². The summed E-state index contributed by atoms with van der Waals surface area (Å²) in [7, 11) is 0. The molecule has 1 unspecified atom stereocenters. The lowest BCUT2D eigenvalue weighted by Gasteiger charge is -2.15. The SMILES string of the molecule is CC(C)c1cc2ccc(CN3CCC(CN)C3)cc2[nH]1. The smallest absolute Gasteiger partial charge is 0.0459 e. The number of hydrogen-bond donors (Lipinski definition) is 2. The Labute approximate surface area is 121 Å². The fourth-order valence-electron chi connectivity index (χ4n) is 3.11. The Balaban J connectivity index is 1.75. The third kappa shape index (κ3) is 2.74. The zero-order valence-electron chi connectivity index (χ0n) is 12.5. The van der Waals surface area contributed by atoms with Crippen molar-refractivity contribution in [1.82, 2.24) is 9.88 Å². The van der Waals surface area contributed by atoms with Crippen LogP contribution >= 0.6 is 0 Å². The monoisotopic (exact) mass is 271 g/mol. The van der Waals surface area contributed by atoms with Crippen molar-refractivity contribution >= 4 is 10.9 Å². The Kier molecular flexibility index (Phi) is 3.81. The fourth-order valence-corrected chi connectivity index (χ4v) is 3.11. The number of nitrogens with zero attached hydrogens (tertiary/aromatic N) is 1. The molecule has 2 heterocycles. The molecule has 20 heavy (non-hydrogen) atoms. The van der Waals surface area contributed by atoms with E-state index in [1.165, 1.54) is 35.1 Å². The fraction of sp³-hybridized carbons (Fsp3) is 0.529. The average molecular weight is 271 g/mol. The first-order valence-electron chi connectivity index (χ1n) is 7.69. The van der Waals surface area contributed by atoms with Gasteiger partial charge in [0.15, 0.2) is 0 Å². The first-order chi connectivity index (χ1) is 9.65. The minimum atomic E-state index is 0.551. The van der Waals surface area contributed by atoms with E-state index >= 15 is 0 Å². The van der Waals surface area contributed by atoms with Crippen LogP contribution in [-0.4, -0.2) is 29.5 Å². The number of likely N-dealkylation sites (tertiary alicyclic amines) is 1. The molecule has 3 heteroatoms. The van der Waals surface area contributed by atoms with E-state index in [0.29, 0.717) is 11.8 Å². The molecule has 0 bridgehead atoms. The van der Waals surface area contributed by atoms with Crippen LogP contribution in [0.4, 0.5) is 0 Å². The molecule has 0 radical (unpaired) electrons. The normalized spacial score (nSPS) is 20.3. The number of aromatic nitrogens is 1. The first-order valence-corrected chi connectivity index (χ1v) is 7.69. The molecule has 1 aromatic carbocycles. The van der Waals surface area contributed by atoms with Crippen molar-refractivity contribution in [3.05, 3.63) is 35.5 Å². The van der Waals surface area contributed by atoms with E-state index in [1.54, 1.807) is 0 Å². The molecule has 1 aromatic heterocycles. The van der Waals surface area contributed by atoms with Gasteiger partial charge in [0, 0.05) is 24.3 Å². The molecule has 1 aliphatic rings. The molecular formula is C17H25N3. The molecule has 3 N–H and O–H groups in total. The highest BCUT2D eigenvalue weighted by atomic mass is 15.1. The van der Waals surface area contributed by atoms with E-state index in [0.717, 1.165) is 19.6 Å². The van der Waals surface area contributed by atoms with Gasteiger partial charge in [-0.2, -0.15) is 0 Å². The Hall–Kier alpha value is -1.32. The van der Waals surface area contributed by atoms with Crippen LogP contribution in [0.3, 0.4) is 0 Å². The maximum Gasteiger partial charge on any atom is 0.0459 e. The number of nitrogens with two attached hydrogens (primary N) is 1. The summed E-state index contributed by atoms with van der Waals surface area (Å²) in [5.74, 6) is 1.24. The molecular weight excluding hydrogens is 246 g/mol. The number of H-pyrrole nitrogens is 1. The van der Waals surface area contributed by atoms with Crippen LogP contribution in [0.5, 0.6) is 0 Å². The minimum absolute atomic E-state index is 0.551. The van der Waals surface area contributed by atoms with Crippen molar-refractivity contribution in [3.8, 4) is 0 Å². The summed E-state index contributed by atoms with van der Waals surface area (Å²) < 4.78 is 0. The third-order valence-corrected chi connectivity index (χ3v) is 4.44. The molecule has 1 aliphatic heterocycles. The number of aromatic amines is 1. The molecule has 3 nitrogen and oxygen atoms in total. The van der Waals surface area contributed by atoms with E-state index < -0.39 is 0 Å². The molecule has 3 rings (SSSR count). The highest BCUT2D eigenvalue weighted by Crippen LogP contribution is 2.23. The second-order valence-corrected chi connectivity index (χ2v) is 6.43. The van der Waals surface area contributed by atoms with E-state index in [4.69, 9.17) is 5.73 Å². The molecule has 0 aliphatic carbocycles. The molecule has 1 saturated heterocycles. The van der Waals surface area contributed by atoms with Gasteiger partial charge >= 0.3 is 0 Å². The standard InChI is InChI=1S/C17H25N3/c1-12(2)16-8-15-4-3-13(7-17(15)19-16)10-20-6-5-14(9-18)11-20/h3-4,7-8,12,14,19H,5-6,9-11,18H2,1-2H3. The summed E-state index contributed by atoms with van der Waals surface area (Å²) >= 11 is 0. The summed E-state index contributed by atoms with van der Waals surface area (Å²) in [5.41, 5.74) is 9.74. The lowest BCUT2D eigenvalue weighted by Crippen LogP contribution is -2.22. The second kappa shape index (κ2) is 5.58. The van der Waals surface area contributed by atoms with Gasteiger partial charge in [-0.1, -0.05) is 26.0 Å². The zero-order chi connectivity index (χ0) is 14.1. The molecule has 0 saturated carbocycles. The third-order valence-electron chi connectivity index (χ3n) is 4.44. The number of hydrogen-bond acceptors (Lipinski definition) is 2. The lowest BCUT2D eigenvalue weighted by atomic mass is 10.1. The van der Waals surface area contributed by atoms with Crippen molar-refractivity contribution in [2.24, 2.45) is 11.7 Å². The van der Waals surface area contributed by atoms with Crippen molar-refractivity contribution in [1.29, 1.82) is 0 Å². The number of nitrogens with one attached hydrogen (secondary N) is 1. The molecule has 2 aromatic rings. The quantitative estimate of drug-likeness (QED) is 0.897. The van der Waals surface area contributed by atoms with Crippen LogP contribution in [-0.2, 0) is 6.54 Å². The maximum absolute atomic E-state index is 5.76. The summed E-state index contributed by atoms with van der Waals surface area (Å²) in [6, 6.07) is 9.07. The first kappa shape index (κ1) is 13.7. The highest BCUT2D eigenvalue weighted by Gasteiger charge is 2.21. The predicted octanol–water partition coefficient (Wildman–Crippen LogP) is 3.07. The largest absolute Gasteiger partial charge is 0.358 e. The van der Waals surface area contributed by atoms with Gasteiger partial charge in [0.2, 0.25) is 0 Å². The minimum Gasteiger partial charge on any atom is -0.358 e. The van der Waals surface area contributed by atoms with Crippen LogP contribution in [0.1, 0.15) is 37.4 Å². The number of fused-ring (bicyclic) bond motifs is 1. The molecule has 1 atom stereocenters. The van der Waals surface area contributed by atoms with Gasteiger partial charge < -0.3 is 10.7 Å². The highest BCUT2D eigenvalue weighted by molar-refractivity contribution is 5.81. The second-order valence-electron chi connectivity index (χ2n) is 6.43. The van der Waals surface area contributed by atoms with Gasteiger partial charge in [-0.15, -0.1) is 0 Å². The van der Waals surface area contributed by atoms with Crippen molar-refractivity contribution in [2.45, 2.75) is 32.7 Å². The maximum atomic E-state index is 5.76. The molecule has 0 spiro atoms. The van der Waals surface area contributed by atoms with Gasteiger partial charge in [0.1, 0.15) is 0 Å². The summed E-state index contributed by atoms with van der Waals surface area (Å²) in [4.78, 5) is 6.06. The predicted molar refractivity (Wildman–Crippen MR) is 84.8 cm³/mol. The van der Waals surface area contributed by atoms with Gasteiger partial charge in [0.25, 0.3) is 0 Å². The van der Waals surface area contributed by atoms with Crippen LogP contribution in [0.25, 0.3) is 10.9 Å². The Morgan fingerprint density at radius 3 is 2.90 bits per heavy atom. The Morgan fingerprint density at radius 1 is 1.35 bits per heavy atom. The number of rotatable bonds is 4. The van der Waals surface area contributed by atoms with E-state index in [-0.39, 0.29) is 0 Å². The van der Waals surface area contributed by atoms with Gasteiger partial charge in [-0.05, 0) is 54.4 Å². The van der Waals surface area contributed by atoms with Gasteiger partial charge in [0.05, 0.1) is 0 Å². The average Bonchev–Trinajstić information content (AvgIpc) is 3.04. The summed E-state index contributed by atoms with van der Waals surface area (Å²) in [6.45, 7) is 8.65. The van der Waals surface area contributed by atoms with Crippen LogP contribution in [0, 0.1) is 5.92 Å². The topological polar surface area (TPSA) is 45.0 Å². The molecule has 1 fully saturated rings. The lowest BCUT2D eigenvalue weighted by molar-refractivity contribution is 0.318. The van der Waals surface area contributed by atoms with Crippen LogP contribution in [0.2, 0.25) is 0 Å². The van der Waals surface area contributed by atoms with Crippen molar-refractivity contribution < 1.29 is 0 Å². The van der Waals surface area contributed by atoms with E-state index in [2.05, 4.69) is 48.0 Å². The summed E-state index contributed by atoms with van der Waals surface area (Å²) in [5, 5.41) is 1.32. The van der Waals surface area contributed by atoms with E-state index in [1.807, 2.05) is 0 Å². The summed E-state index contributed by atoms with van der Waals surface area (Å²) in [6.07, 6.45) is 1.25. The Morgan fingerprint density at radius 2 is 2.20 bits per heavy atom. The van der Waals surface area contributed by atoms with Crippen LogP contribution < -0.4 is 5.73 Å². The zero-order valence-corrected chi connectivity index (χ0v) is 12.5. The Bertz CT molecular complexity index is 585. The number of benzene rings is 1. The van der Waals surface area contributed by atoms with Gasteiger partial charge in [-0.3, -0.25) is 4.90 Å². The van der Waals surface area contributed by atoms with Gasteiger partial charge in [-0.25, -0.2) is 0 Å². The van der Waals surface area contributed by atoms with Crippen LogP contribution in [0.15, 0.2) is 24.3 Å². The van der Waals surface area contributed by atoms with E-state index in [9.17, 15) is 0 Å². The molecule has 108 valence electrons. The van der Waals surface area contributed by atoms with Crippen molar-refractivity contribution in [2.75, 3.05) is 19.6 Å².